The highest BCUT2D eigenvalue weighted by Crippen LogP contribution is 2.15. The fraction of sp³-hybridized carbons (Fsp3) is 0.875. The van der Waals surface area contributed by atoms with E-state index >= 15 is 0 Å². The lowest BCUT2D eigenvalue weighted by Crippen LogP contribution is -2.32. The highest BCUT2D eigenvalue weighted by Gasteiger charge is 2.16. The van der Waals surface area contributed by atoms with Gasteiger partial charge in [0.05, 0.1) is 6.10 Å². The summed E-state index contributed by atoms with van der Waals surface area (Å²) >= 11 is 0. The number of nitrogens with one attached hydrogen (secondary N) is 1. The molecule has 0 aliphatic heterocycles. The van der Waals surface area contributed by atoms with Crippen LogP contribution in [0, 0.1) is 0 Å². The molecule has 14 heavy (non-hydrogen) atoms. The maximum absolute atomic E-state index is 11.2. The van der Waals surface area contributed by atoms with E-state index in [1.54, 1.807) is 20.8 Å². The lowest BCUT2D eigenvalue weighted by Gasteiger charge is -2.14. The van der Waals surface area contributed by atoms with Gasteiger partial charge in [-0.3, -0.25) is 9.88 Å². The maximum atomic E-state index is 11.2. The van der Waals surface area contributed by atoms with Crippen LogP contribution in [0.25, 0.3) is 0 Å². The van der Waals surface area contributed by atoms with Gasteiger partial charge in [-0.25, -0.2) is 0 Å². The van der Waals surface area contributed by atoms with Gasteiger partial charge in [-0.2, -0.15) is 0 Å². The zero-order valence-corrected chi connectivity index (χ0v) is 9.99. The van der Waals surface area contributed by atoms with E-state index in [0.29, 0.717) is 0 Å². The SMILES string of the molecule is COC[PH](=O)N[C@@H](C)C(=O)OC(C)C. The van der Waals surface area contributed by atoms with Crippen LogP contribution in [0.2, 0.25) is 0 Å². The average Bonchev–Trinajstić information content (AvgIpc) is 2.02. The second-order valence-corrected chi connectivity index (χ2v) is 4.63. The van der Waals surface area contributed by atoms with E-state index in [1.807, 2.05) is 0 Å². The van der Waals surface area contributed by atoms with Gasteiger partial charge >= 0.3 is 5.97 Å². The fourth-order valence-corrected chi connectivity index (χ4v) is 1.75. The molecule has 0 radical (unpaired) electrons. The molecule has 0 amide bonds. The van der Waals surface area contributed by atoms with Crippen LogP contribution in [0.3, 0.4) is 0 Å². The Morgan fingerprint density at radius 2 is 2.00 bits per heavy atom. The molecular weight excluding hydrogens is 205 g/mol. The first-order chi connectivity index (χ1) is 6.47. The van der Waals surface area contributed by atoms with Gasteiger partial charge in [-0.05, 0) is 20.8 Å². The monoisotopic (exact) mass is 223 g/mol. The first-order valence-electron chi connectivity index (χ1n) is 4.46. The molecule has 0 aromatic carbocycles. The van der Waals surface area contributed by atoms with Crippen molar-refractivity contribution < 1.29 is 18.8 Å². The van der Waals surface area contributed by atoms with Crippen molar-refractivity contribution in [3.8, 4) is 0 Å². The van der Waals surface area contributed by atoms with Crippen LogP contribution in [0.15, 0.2) is 0 Å². The van der Waals surface area contributed by atoms with E-state index in [4.69, 9.17) is 4.74 Å². The summed E-state index contributed by atoms with van der Waals surface area (Å²) in [6, 6.07) is -0.557. The number of hydrogen-bond donors (Lipinski definition) is 1. The minimum Gasteiger partial charge on any atom is -0.462 e. The lowest BCUT2D eigenvalue weighted by atomic mass is 10.4. The predicted octanol–water partition coefficient (Wildman–Crippen LogP) is 0.995. The molecule has 0 bridgehead atoms. The molecule has 0 aromatic rings. The Balaban J connectivity index is 3.88. The highest BCUT2D eigenvalue weighted by molar-refractivity contribution is 7.42. The second kappa shape index (κ2) is 6.98. The van der Waals surface area contributed by atoms with Crippen molar-refractivity contribution >= 4 is 13.9 Å². The third-order valence-corrected chi connectivity index (χ3v) is 2.66. The summed E-state index contributed by atoms with van der Waals surface area (Å²) in [7, 11) is -0.583. The van der Waals surface area contributed by atoms with Gasteiger partial charge in [0.15, 0.2) is 7.95 Å². The molecular formula is C8H18NO4P. The van der Waals surface area contributed by atoms with Crippen molar-refractivity contribution in [3.05, 3.63) is 0 Å². The molecule has 6 heteroatoms. The van der Waals surface area contributed by atoms with Crippen molar-refractivity contribution in [2.24, 2.45) is 0 Å². The van der Waals surface area contributed by atoms with Crippen LogP contribution in [-0.4, -0.2) is 31.6 Å². The number of hydrogen-bond acceptors (Lipinski definition) is 4. The van der Waals surface area contributed by atoms with Crippen LogP contribution in [0.1, 0.15) is 20.8 Å². The molecule has 1 N–H and O–H groups in total. The predicted molar refractivity (Wildman–Crippen MR) is 54.7 cm³/mol. The molecule has 0 aliphatic rings. The number of ether oxygens (including phenoxy) is 2. The van der Waals surface area contributed by atoms with Crippen LogP contribution >= 0.6 is 7.95 Å². The summed E-state index contributed by atoms with van der Waals surface area (Å²) in [5, 5.41) is 2.63. The second-order valence-electron chi connectivity index (χ2n) is 3.21. The van der Waals surface area contributed by atoms with Crippen molar-refractivity contribution in [2.45, 2.75) is 32.9 Å². The molecule has 0 heterocycles. The minimum absolute atomic E-state index is 0.129. The van der Waals surface area contributed by atoms with Crippen LogP contribution in [0.4, 0.5) is 0 Å². The summed E-state index contributed by atoms with van der Waals surface area (Å²) < 4.78 is 20.8. The van der Waals surface area contributed by atoms with Gasteiger partial charge in [0.1, 0.15) is 12.4 Å². The van der Waals surface area contributed by atoms with Crippen LogP contribution in [-0.2, 0) is 18.8 Å². The van der Waals surface area contributed by atoms with E-state index < -0.39 is 20.0 Å². The highest BCUT2D eigenvalue weighted by atomic mass is 31.1. The molecule has 0 aromatic heterocycles. The van der Waals surface area contributed by atoms with E-state index in [-0.39, 0.29) is 12.5 Å². The van der Waals surface area contributed by atoms with Gasteiger partial charge < -0.3 is 14.0 Å². The molecule has 0 fully saturated rings. The Labute approximate surface area is 85.0 Å². The van der Waals surface area contributed by atoms with Crippen LogP contribution < -0.4 is 5.09 Å². The molecule has 0 aliphatic carbocycles. The minimum atomic E-state index is -2.04. The van der Waals surface area contributed by atoms with Gasteiger partial charge in [-0.1, -0.05) is 0 Å². The van der Waals surface area contributed by atoms with Gasteiger partial charge in [0, 0.05) is 7.11 Å². The summed E-state index contributed by atoms with van der Waals surface area (Å²) in [4.78, 5) is 11.2. The van der Waals surface area contributed by atoms with Crippen LogP contribution in [0.5, 0.6) is 0 Å². The number of methoxy groups -OCH3 is 1. The number of carbonyl (C=O) groups excluding carboxylic acids is 1. The molecule has 5 nitrogen and oxygen atoms in total. The Morgan fingerprint density at radius 1 is 1.43 bits per heavy atom. The Bertz CT molecular complexity index is 208. The quantitative estimate of drug-likeness (QED) is 0.537. The summed E-state index contributed by atoms with van der Waals surface area (Å²) in [6.07, 6.45) is -0.0271. The lowest BCUT2D eigenvalue weighted by molar-refractivity contribution is -0.148. The summed E-state index contributed by atoms with van der Waals surface area (Å²) in [5.41, 5.74) is 0. The number of rotatable bonds is 6. The van der Waals surface area contributed by atoms with Crippen molar-refractivity contribution in [3.63, 3.8) is 0 Å². The Morgan fingerprint density at radius 3 is 2.43 bits per heavy atom. The maximum Gasteiger partial charge on any atom is 0.323 e. The van der Waals surface area contributed by atoms with E-state index in [1.165, 1.54) is 7.11 Å². The third-order valence-electron chi connectivity index (χ3n) is 1.36. The molecule has 0 rings (SSSR count). The zero-order valence-electron chi connectivity index (χ0n) is 8.99. The standard InChI is InChI=1S/C8H18NO4P/c1-6(2)13-8(10)7(3)9-14(11)5-12-4/h6-7,14H,5H2,1-4H3,(H,9,11)/t7-/m0/s1. The Hall–Kier alpha value is -0.380. The fourth-order valence-electron chi connectivity index (χ4n) is 0.808. The van der Waals surface area contributed by atoms with Crippen molar-refractivity contribution in [2.75, 3.05) is 13.5 Å². The van der Waals surface area contributed by atoms with E-state index in [9.17, 15) is 9.36 Å². The van der Waals surface area contributed by atoms with Crippen molar-refractivity contribution in [1.29, 1.82) is 0 Å². The topological polar surface area (TPSA) is 64.6 Å². The molecule has 1 unspecified atom stereocenters. The third kappa shape index (κ3) is 6.13. The summed E-state index contributed by atoms with van der Waals surface area (Å²) in [5.74, 6) is -0.394. The smallest absolute Gasteiger partial charge is 0.323 e. The van der Waals surface area contributed by atoms with E-state index in [2.05, 4.69) is 9.82 Å². The van der Waals surface area contributed by atoms with Crippen molar-refractivity contribution in [1.82, 2.24) is 5.09 Å². The van der Waals surface area contributed by atoms with E-state index in [0.717, 1.165) is 0 Å². The zero-order chi connectivity index (χ0) is 11.1. The normalized spacial score (nSPS) is 15.2. The van der Waals surface area contributed by atoms with Gasteiger partial charge in [0.2, 0.25) is 0 Å². The molecule has 0 spiro atoms. The Kier molecular flexibility index (Phi) is 6.79. The summed E-state index contributed by atoms with van der Waals surface area (Å²) in [6.45, 7) is 5.15. The molecule has 0 saturated heterocycles. The van der Waals surface area contributed by atoms with Gasteiger partial charge in [-0.15, -0.1) is 0 Å². The first kappa shape index (κ1) is 13.6. The average molecular weight is 223 g/mol. The number of carbonyl (C=O) groups is 1. The largest absolute Gasteiger partial charge is 0.462 e. The van der Waals surface area contributed by atoms with Gasteiger partial charge in [0.25, 0.3) is 0 Å². The molecule has 0 saturated carbocycles. The first-order valence-corrected chi connectivity index (χ1v) is 6.07. The molecule has 2 atom stereocenters. The molecule has 84 valence electrons. The number of esters is 1.